The predicted octanol–water partition coefficient (Wildman–Crippen LogP) is 4.41. The highest BCUT2D eigenvalue weighted by Gasteiger charge is 2.23. The van der Waals surface area contributed by atoms with E-state index in [4.69, 9.17) is 0 Å². The molecule has 1 heterocycles. The summed E-state index contributed by atoms with van der Waals surface area (Å²) in [5, 5.41) is 8.43. The molecular formula is C22H25N3. The van der Waals surface area contributed by atoms with Gasteiger partial charge in [0.2, 0.25) is 0 Å². The van der Waals surface area contributed by atoms with Crippen LogP contribution < -0.4 is 5.32 Å². The molecule has 3 nitrogen and oxygen atoms in total. The Balaban J connectivity index is 1.49. The molecule has 2 aromatic carbocycles. The van der Waals surface area contributed by atoms with Gasteiger partial charge >= 0.3 is 0 Å². The van der Waals surface area contributed by atoms with Crippen LogP contribution in [0.1, 0.15) is 46.8 Å². The smallest absolute Gasteiger partial charge is 0.0662 e. The quantitative estimate of drug-likeness (QED) is 0.750. The maximum absolute atomic E-state index is 4.69. The van der Waals surface area contributed by atoms with E-state index in [1.54, 1.807) is 0 Å². The summed E-state index contributed by atoms with van der Waals surface area (Å²) in [6, 6.07) is 19.7. The Kier molecular flexibility index (Phi) is 4.66. The lowest BCUT2D eigenvalue weighted by molar-refractivity contribution is 0.449. The molecule has 0 aliphatic heterocycles. The number of fused-ring (bicyclic) bond motifs is 1. The van der Waals surface area contributed by atoms with Crippen LogP contribution in [-0.4, -0.2) is 9.78 Å². The second-order valence-corrected chi connectivity index (χ2v) is 7.00. The minimum Gasteiger partial charge on any atom is -0.306 e. The van der Waals surface area contributed by atoms with Gasteiger partial charge in [-0.15, -0.1) is 0 Å². The molecule has 0 unspecified atom stereocenters. The van der Waals surface area contributed by atoms with Gasteiger partial charge in [0.05, 0.1) is 12.7 Å². The Morgan fingerprint density at radius 1 is 1.08 bits per heavy atom. The topological polar surface area (TPSA) is 29.9 Å². The van der Waals surface area contributed by atoms with E-state index in [1.807, 2.05) is 0 Å². The monoisotopic (exact) mass is 331 g/mol. The maximum atomic E-state index is 4.69. The predicted molar refractivity (Wildman–Crippen MR) is 101 cm³/mol. The van der Waals surface area contributed by atoms with Crippen molar-refractivity contribution in [2.45, 2.75) is 45.3 Å². The van der Waals surface area contributed by atoms with Gasteiger partial charge < -0.3 is 5.32 Å². The summed E-state index contributed by atoms with van der Waals surface area (Å²) < 4.78 is 2.19. The van der Waals surface area contributed by atoms with Gasteiger partial charge in [0, 0.05) is 23.8 Å². The molecule has 1 N–H and O–H groups in total. The van der Waals surface area contributed by atoms with Crippen LogP contribution in [0, 0.1) is 6.92 Å². The van der Waals surface area contributed by atoms with Crippen LogP contribution in [0.25, 0.3) is 0 Å². The van der Waals surface area contributed by atoms with E-state index in [2.05, 4.69) is 82.8 Å². The van der Waals surface area contributed by atoms with Crippen LogP contribution in [0.4, 0.5) is 0 Å². The van der Waals surface area contributed by atoms with Gasteiger partial charge in [0.15, 0.2) is 0 Å². The van der Waals surface area contributed by atoms with Crippen LogP contribution in [0.15, 0.2) is 60.8 Å². The summed E-state index contributed by atoms with van der Waals surface area (Å²) in [7, 11) is 0. The highest BCUT2D eigenvalue weighted by Crippen LogP contribution is 2.30. The van der Waals surface area contributed by atoms with E-state index in [-0.39, 0.29) is 0 Å². The van der Waals surface area contributed by atoms with E-state index < -0.39 is 0 Å². The molecule has 0 saturated carbocycles. The van der Waals surface area contributed by atoms with Gasteiger partial charge in [-0.25, -0.2) is 0 Å². The molecule has 25 heavy (non-hydrogen) atoms. The zero-order valence-corrected chi connectivity index (χ0v) is 14.8. The summed E-state index contributed by atoms with van der Waals surface area (Å²) in [5.74, 6) is 0. The molecule has 1 aliphatic rings. The fraction of sp³-hybridized carbons (Fsp3) is 0.318. The number of aromatic nitrogens is 2. The first-order valence-corrected chi connectivity index (χ1v) is 9.17. The van der Waals surface area contributed by atoms with Gasteiger partial charge in [0.1, 0.15) is 0 Å². The van der Waals surface area contributed by atoms with Crippen LogP contribution in [0.2, 0.25) is 0 Å². The number of hydrogen-bond acceptors (Lipinski definition) is 2. The number of nitrogens with zero attached hydrogens (tertiary/aromatic N) is 2. The van der Waals surface area contributed by atoms with E-state index in [1.165, 1.54) is 40.8 Å². The number of aryl methyl sites for hydroxylation is 1. The fourth-order valence-corrected chi connectivity index (χ4v) is 3.79. The summed E-state index contributed by atoms with van der Waals surface area (Å²) >= 11 is 0. The zero-order chi connectivity index (χ0) is 17.1. The van der Waals surface area contributed by atoms with Crippen molar-refractivity contribution in [1.82, 2.24) is 15.1 Å². The number of hydrogen-bond donors (Lipinski definition) is 1. The number of benzene rings is 2. The molecule has 3 aromatic rings. The van der Waals surface area contributed by atoms with E-state index in [0.29, 0.717) is 6.04 Å². The minimum atomic E-state index is 0.411. The fourth-order valence-electron chi connectivity index (χ4n) is 3.79. The molecule has 0 radical (unpaired) electrons. The first-order valence-electron chi connectivity index (χ1n) is 9.17. The molecule has 3 heteroatoms. The third-order valence-corrected chi connectivity index (χ3v) is 5.07. The summed E-state index contributed by atoms with van der Waals surface area (Å²) in [6.07, 6.45) is 5.62. The normalized spacial score (nSPS) is 16.6. The van der Waals surface area contributed by atoms with E-state index in [9.17, 15) is 0 Å². The molecule has 1 aliphatic carbocycles. The maximum Gasteiger partial charge on any atom is 0.0662 e. The van der Waals surface area contributed by atoms with Gasteiger partial charge in [-0.2, -0.15) is 5.10 Å². The summed E-state index contributed by atoms with van der Waals surface area (Å²) in [5.41, 5.74) is 6.76. The van der Waals surface area contributed by atoms with Crippen molar-refractivity contribution in [3.8, 4) is 0 Å². The van der Waals surface area contributed by atoms with Crippen molar-refractivity contribution in [3.05, 3.63) is 88.7 Å². The molecule has 0 amide bonds. The first-order chi connectivity index (χ1) is 12.3. The zero-order valence-electron chi connectivity index (χ0n) is 14.8. The van der Waals surface area contributed by atoms with Crippen molar-refractivity contribution in [2.75, 3.05) is 0 Å². The molecule has 0 spiro atoms. The van der Waals surface area contributed by atoms with Crippen molar-refractivity contribution in [3.63, 3.8) is 0 Å². The molecule has 1 atom stereocenters. The van der Waals surface area contributed by atoms with Crippen molar-refractivity contribution >= 4 is 0 Å². The average Bonchev–Trinajstić information content (AvgIpc) is 3.04. The van der Waals surface area contributed by atoms with Crippen LogP contribution >= 0.6 is 0 Å². The minimum absolute atomic E-state index is 0.411. The molecular weight excluding hydrogens is 306 g/mol. The third kappa shape index (κ3) is 3.67. The standard InChI is InChI=1S/C22H25N3/c1-17-7-5-10-19(13-17)14-23-21-11-6-12-22-20(21)15-24-25(22)16-18-8-3-2-4-9-18/h2-5,7-10,13,15,21,23H,6,11-12,14,16H2,1H3/t21-/m0/s1. The highest BCUT2D eigenvalue weighted by atomic mass is 15.3. The van der Waals surface area contributed by atoms with Crippen LogP contribution in [0.3, 0.4) is 0 Å². The lowest BCUT2D eigenvalue weighted by Gasteiger charge is -2.24. The highest BCUT2D eigenvalue weighted by molar-refractivity contribution is 5.27. The van der Waals surface area contributed by atoms with Crippen molar-refractivity contribution < 1.29 is 0 Å². The first kappa shape index (κ1) is 16.1. The Morgan fingerprint density at radius 2 is 1.92 bits per heavy atom. The molecule has 0 bridgehead atoms. The van der Waals surface area contributed by atoms with Crippen molar-refractivity contribution in [1.29, 1.82) is 0 Å². The van der Waals surface area contributed by atoms with Crippen LogP contribution in [0.5, 0.6) is 0 Å². The van der Waals surface area contributed by atoms with Gasteiger partial charge in [-0.3, -0.25) is 4.68 Å². The Labute approximate surface area is 149 Å². The van der Waals surface area contributed by atoms with Crippen molar-refractivity contribution in [2.24, 2.45) is 0 Å². The second kappa shape index (κ2) is 7.24. The summed E-state index contributed by atoms with van der Waals surface area (Å²) in [4.78, 5) is 0. The third-order valence-electron chi connectivity index (χ3n) is 5.07. The Morgan fingerprint density at radius 3 is 2.76 bits per heavy atom. The average molecular weight is 331 g/mol. The Hall–Kier alpha value is -2.39. The molecule has 4 rings (SSSR count). The lowest BCUT2D eigenvalue weighted by Crippen LogP contribution is -2.25. The van der Waals surface area contributed by atoms with Gasteiger partial charge in [-0.1, -0.05) is 60.2 Å². The molecule has 128 valence electrons. The van der Waals surface area contributed by atoms with E-state index >= 15 is 0 Å². The SMILES string of the molecule is Cc1cccc(CN[C@H]2CCCc3c2cnn3Cc2ccccc2)c1. The number of nitrogens with one attached hydrogen (secondary N) is 1. The molecule has 0 saturated heterocycles. The van der Waals surface area contributed by atoms with E-state index in [0.717, 1.165) is 19.5 Å². The van der Waals surface area contributed by atoms with Gasteiger partial charge in [0.25, 0.3) is 0 Å². The number of rotatable bonds is 5. The molecule has 0 fully saturated rings. The lowest BCUT2D eigenvalue weighted by atomic mass is 9.92. The van der Waals surface area contributed by atoms with Crippen LogP contribution in [-0.2, 0) is 19.5 Å². The second-order valence-electron chi connectivity index (χ2n) is 7.00. The summed E-state index contributed by atoms with van der Waals surface area (Å²) in [6.45, 7) is 3.92. The Bertz CT molecular complexity index is 835. The molecule has 1 aromatic heterocycles. The van der Waals surface area contributed by atoms with Gasteiger partial charge in [-0.05, 0) is 37.3 Å². The largest absolute Gasteiger partial charge is 0.306 e.